The lowest BCUT2D eigenvalue weighted by atomic mass is 10.1. The molecule has 0 bridgehead atoms. The molecule has 0 fully saturated rings. The minimum absolute atomic E-state index is 0.101. The molecule has 1 atom stereocenters. The van der Waals surface area contributed by atoms with E-state index in [9.17, 15) is 14.4 Å². The van der Waals surface area contributed by atoms with E-state index in [0.29, 0.717) is 30.8 Å². The van der Waals surface area contributed by atoms with Gasteiger partial charge in [0.25, 0.3) is 5.91 Å². The number of para-hydroxylation sites is 1. The Morgan fingerprint density at radius 2 is 2.04 bits per heavy atom. The molecule has 0 aliphatic carbocycles. The summed E-state index contributed by atoms with van der Waals surface area (Å²) in [6.45, 7) is 4.93. The first kappa shape index (κ1) is 17.9. The highest BCUT2D eigenvalue weighted by molar-refractivity contribution is 6.10. The molecule has 24 heavy (non-hydrogen) atoms. The smallest absolute Gasteiger partial charge is 0.254 e. The van der Waals surface area contributed by atoms with Crippen LogP contribution in [0, 0.1) is 0 Å². The zero-order chi connectivity index (χ0) is 17.5. The van der Waals surface area contributed by atoms with Crippen molar-refractivity contribution in [1.82, 2.24) is 10.6 Å². The zero-order valence-electron chi connectivity index (χ0n) is 13.9. The third-order valence-electron chi connectivity index (χ3n) is 3.54. The molecule has 1 heterocycles. The van der Waals surface area contributed by atoms with Gasteiger partial charge in [0.05, 0.1) is 23.8 Å². The van der Waals surface area contributed by atoms with Gasteiger partial charge in [-0.3, -0.25) is 14.4 Å². The second-order valence-electron chi connectivity index (χ2n) is 5.89. The van der Waals surface area contributed by atoms with Crippen molar-refractivity contribution in [3.63, 3.8) is 0 Å². The molecular formula is C17H23N3O4. The number of carbonyl (C=O) groups is 3. The van der Waals surface area contributed by atoms with Crippen LogP contribution < -0.4 is 16.0 Å². The first-order chi connectivity index (χ1) is 11.5. The summed E-state index contributed by atoms with van der Waals surface area (Å²) in [7, 11) is 0. The molecule has 0 saturated heterocycles. The van der Waals surface area contributed by atoms with Crippen molar-refractivity contribution in [3.05, 3.63) is 29.8 Å². The standard InChI is InChI=1S/C17H23N3O4/c1-11(2)24-9-5-8-18-15(21)10-14-17(23)19-13-7-4-3-6-12(13)16(22)20-14/h3-4,6-7,11,14H,5,8-10H2,1-2H3,(H,18,21)(H,19,23)(H,20,22)/t14-/m0/s1. The van der Waals surface area contributed by atoms with Gasteiger partial charge in [0.1, 0.15) is 6.04 Å². The summed E-state index contributed by atoms with van der Waals surface area (Å²) in [5.41, 5.74) is 0.841. The maximum atomic E-state index is 12.2. The molecule has 0 saturated carbocycles. The van der Waals surface area contributed by atoms with Crippen LogP contribution in [-0.4, -0.2) is 43.0 Å². The summed E-state index contributed by atoms with van der Waals surface area (Å²) in [4.78, 5) is 36.3. The lowest BCUT2D eigenvalue weighted by Gasteiger charge is -2.14. The average Bonchev–Trinajstić information content (AvgIpc) is 2.64. The number of nitrogens with one attached hydrogen (secondary N) is 3. The molecule has 1 aromatic carbocycles. The van der Waals surface area contributed by atoms with Crippen molar-refractivity contribution in [2.24, 2.45) is 0 Å². The Balaban J connectivity index is 1.83. The summed E-state index contributed by atoms with van der Waals surface area (Å²) in [6.07, 6.45) is 0.752. The zero-order valence-corrected chi connectivity index (χ0v) is 13.9. The van der Waals surface area contributed by atoms with Crippen LogP contribution in [0.25, 0.3) is 0 Å². The highest BCUT2D eigenvalue weighted by Crippen LogP contribution is 2.18. The molecule has 3 amide bonds. The van der Waals surface area contributed by atoms with Crippen molar-refractivity contribution >= 4 is 23.4 Å². The Hall–Kier alpha value is -2.41. The van der Waals surface area contributed by atoms with Crippen molar-refractivity contribution in [2.75, 3.05) is 18.5 Å². The number of carbonyl (C=O) groups excluding carboxylic acids is 3. The predicted octanol–water partition coefficient (Wildman–Crippen LogP) is 1.06. The first-order valence-corrected chi connectivity index (χ1v) is 8.06. The maximum Gasteiger partial charge on any atom is 0.254 e. The van der Waals surface area contributed by atoms with Gasteiger partial charge in [-0.1, -0.05) is 12.1 Å². The molecule has 1 aliphatic heterocycles. The van der Waals surface area contributed by atoms with Gasteiger partial charge in [0.2, 0.25) is 11.8 Å². The average molecular weight is 333 g/mol. The van der Waals surface area contributed by atoms with Crippen LogP contribution in [0.4, 0.5) is 5.69 Å². The van der Waals surface area contributed by atoms with Gasteiger partial charge in [-0.15, -0.1) is 0 Å². The van der Waals surface area contributed by atoms with Gasteiger partial charge in [0.15, 0.2) is 0 Å². The van der Waals surface area contributed by atoms with Gasteiger partial charge >= 0.3 is 0 Å². The number of hydrogen-bond donors (Lipinski definition) is 3. The molecule has 7 nitrogen and oxygen atoms in total. The van der Waals surface area contributed by atoms with E-state index >= 15 is 0 Å². The molecule has 2 rings (SSSR count). The predicted molar refractivity (Wildman–Crippen MR) is 89.7 cm³/mol. The first-order valence-electron chi connectivity index (χ1n) is 8.06. The summed E-state index contributed by atoms with van der Waals surface area (Å²) in [6, 6.07) is 5.85. The Labute approximate surface area is 141 Å². The number of fused-ring (bicyclic) bond motifs is 1. The van der Waals surface area contributed by atoms with Crippen LogP contribution in [0.15, 0.2) is 24.3 Å². The van der Waals surface area contributed by atoms with Crippen molar-refractivity contribution in [3.8, 4) is 0 Å². The van der Waals surface area contributed by atoms with Gasteiger partial charge < -0.3 is 20.7 Å². The Kier molecular flexibility index (Phi) is 6.31. The van der Waals surface area contributed by atoms with Crippen LogP contribution in [0.1, 0.15) is 37.0 Å². The van der Waals surface area contributed by atoms with Crippen LogP contribution in [0.5, 0.6) is 0 Å². The molecule has 0 aromatic heterocycles. The Morgan fingerprint density at radius 1 is 1.29 bits per heavy atom. The Bertz CT molecular complexity index is 616. The lowest BCUT2D eigenvalue weighted by molar-refractivity contribution is -0.125. The fourth-order valence-corrected chi connectivity index (χ4v) is 2.33. The maximum absolute atomic E-state index is 12.2. The molecule has 1 aliphatic rings. The van der Waals surface area contributed by atoms with Crippen molar-refractivity contribution in [2.45, 2.75) is 38.8 Å². The van der Waals surface area contributed by atoms with Crippen LogP contribution in [-0.2, 0) is 14.3 Å². The van der Waals surface area contributed by atoms with Crippen molar-refractivity contribution in [1.29, 1.82) is 0 Å². The fourth-order valence-electron chi connectivity index (χ4n) is 2.33. The summed E-state index contributed by atoms with van der Waals surface area (Å²) in [5, 5.41) is 8.00. The largest absolute Gasteiger partial charge is 0.379 e. The number of anilines is 1. The summed E-state index contributed by atoms with van der Waals surface area (Å²) < 4.78 is 5.38. The topological polar surface area (TPSA) is 96.5 Å². The van der Waals surface area contributed by atoms with Gasteiger partial charge in [0, 0.05) is 13.2 Å². The van der Waals surface area contributed by atoms with Crippen molar-refractivity contribution < 1.29 is 19.1 Å². The van der Waals surface area contributed by atoms with Gasteiger partial charge in [-0.25, -0.2) is 0 Å². The van der Waals surface area contributed by atoms with Crippen LogP contribution in [0.2, 0.25) is 0 Å². The molecule has 0 spiro atoms. The number of rotatable bonds is 7. The molecule has 0 radical (unpaired) electrons. The SMILES string of the molecule is CC(C)OCCCNC(=O)C[C@@H]1NC(=O)c2ccccc2NC1=O. The fraction of sp³-hybridized carbons (Fsp3) is 0.471. The van der Waals surface area contributed by atoms with E-state index in [1.165, 1.54) is 0 Å². The third-order valence-corrected chi connectivity index (χ3v) is 3.54. The number of amides is 3. The van der Waals surface area contributed by atoms with Crippen LogP contribution in [0.3, 0.4) is 0 Å². The van der Waals surface area contributed by atoms with E-state index < -0.39 is 11.9 Å². The quantitative estimate of drug-likeness (QED) is 0.650. The molecule has 3 N–H and O–H groups in total. The van der Waals surface area contributed by atoms with E-state index in [0.717, 1.165) is 0 Å². The van der Waals surface area contributed by atoms with E-state index in [1.54, 1.807) is 24.3 Å². The second kappa shape index (κ2) is 8.44. The number of ether oxygens (including phenoxy) is 1. The monoisotopic (exact) mass is 333 g/mol. The highest BCUT2D eigenvalue weighted by Gasteiger charge is 2.29. The summed E-state index contributed by atoms with van der Waals surface area (Å²) in [5.74, 6) is -1.05. The van der Waals surface area contributed by atoms with E-state index in [1.807, 2.05) is 13.8 Å². The van der Waals surface area contributed by atoms with E-state index in [4.69, 9.17) is 4.74 Å². The van der Waals surface area contributed by atoms with Gasteiger partial charge in [-0.2, -0.15) is 0 Å². The minimum Gasteiger partial charge on any atom is -0.379 e. The van der Waals surface area contributed by atoms with Crippen LogP contribution >= 0.6 is 0 Å². The van der Waals surface area contributed by atoms with Gasteiger partial charge in [-0.05, 0) is 32.4 Å². The summed E-state index contributed by atoms with van der Waals surface area (Å²) >= 11 is 0. The number of benzene rings is 1. The van der Waals surface area contributed by atoms with E-state index in [-0.39, 0.29) is 24.3 Å². The highest BCUT2D eigenvalue weighted by atomic mass is 16.5. The molecule has 130 valence electrons. The lowest BCUT2D eigenvalue weighted by Crippen LogP contribution is -2.44. The van der Waals surface area contributed by atoms with E-state index in [2.05, 4.69) is 16.0 Å². The minimum atomic E-state index is -0.892. The molecule has 7 heteroatoms. The molecule has 0 unspecified atom stereocenters. The molecular weight excluding hydrogens is 310 g/mol. The normalized spacial score (nSPS) is 16.9. The number of hydrogen-bond acceptors (Lipinski definition) is 4. The Morgan fingerprint density at radius 3 is 2.79 bits per heavy atom. The molecule has 1 aromatic rings. The third kappa shape index (κ3) is 5.06. The second-order valence-corrected chi connectivity index (χ2v) is 5.89.